The molecule has 0 radical (unpaired) electrons. The van der Waals surface area contributed by atoms with E-state index in [9.17, 15) is 15.0 Å². The molecule has 0 amide bonds. The van der Waals surface area contributed by atoms with Crippen LogP contribution in [0.5, 0.6) is 0 Å². The Hall–Kier alpha value is -1.13. The number of fused-ring (bicyclic) bond motifs is 7. The number of allylic oxidation sites excluding steroid dienone is 2. The van der Waals surface area contributed by atoms with Crippen LogP contribution in [0.4, 0.5) is 0 Å². The van der Waals surface area contributed by atoms with Crippen molar-refractivity contribution in [3.05, 3.63) is 23.8 Å². The van der Waals surface area contributed by atoms with Crippen molar-refractivity contribution < 1.29 is 19.7 Å². The van der Waals surface area contributed by atoms with Gasteiger partial charge in [-0.3, -0.25) is 0 Å². The fourth-order valence-electron chi connectivity index (χ4n) is 10.6. The molecule has 4 fully saturated rings. The maximum Gasteiger partial charge on any atom is 0.330 e. The normalized spacial score (nSPS) is 50.8. The molecule has 5 aliphatic carbocycles. The molecular weight excluding hydrogens is 460 g/mol. The van der Waals surface area contributed by atoms with Gasteiger partial charge in [0.1, 0.15) is 0 Å². The van der Waals surface area contributed by atoms with Gasteiger partial charge in [0.25, 0.3) is 0 Å². The van der Waals surface area contributed by atoms with E-state index in [-0.39, 0.29) is 45.1 Å². The Morgan fingerprint density at radius 2 is 1.70 bits per heavy atom. The second-order valence-electron chi connectivity index (χ2n) is 15.2. The van der Waals surface area contributed by atoms with Crippen LogP contribution >= 0.6 is 0 Å². The van der Waals surface area contributed by atoms with Gasteiger partial charge in [0.2, 0.25) is 0 Å². The third-order valence-corrected chi connectivity index (χ3v) is 13.0. The van der Waals surface area contributed by atoms with Crippen LogP contribution in [0.15, 0.2) is 23.8 Å². The van der Waals surface area contributed by atoms with Gasteiger partial charge in [0.05, 0.1) is 18.8 Å². The van der Waals surface area contributed by atoms with E-state index in [0.29, 0.717) is 24.4 Å². The Balaban J connectivity index is 1.58. The van der Waals surface area contributed by atoms with E-state index in [1.165, 1.54) is 5.57 Å². The Morgan fingerprint density at radius 1 is 1.00 bits per heavy atom. The minimum atomic E-state index is -0.472. The van der Waals surface area contributed by atoms with Crippen molar-refractivity contribution in [3.8, 4) is 0 Å². The summed E-state index contributed by atoms with van der Waals surface area (Å²) < 4.78 is 5.26. The molecule has 4 saturated carbocycles. The molecular formula is C33H52O4. The molecule has 0 heterocycles. The lowest BCUT2D eigenvalue weighted by molar-refractivity contribution is -0.180. The molecule has 0 bridgehead atoms. The van der Waals surface area contributed by atoms with Gasteiger partial charge in [-0.05, 0) is 115 Å². The van der Waals surface area contributed by atoms with Gasteiger partial charge in [-0.1, -0.05) is 59.3 Å². The third-order valence-electron chi connectivity index (χ3n) is 13.0. The van der Waals surface area contributed by atoms with E-state index in [1.54, 1.807) is 6.08 Å². The van der Waals surface area contributed by atoms with Crippen molar-refractivity contribution in [2.24, 2.45) is 50.7 Å². The highest BCUT2D eigenvalue weighted by Crippen LogP contribution is 2.74. The first-order valence-electron chi connectivity index (χ1n) is 15.2. The second kappa shape index (κ2) is 8.95. The van der Waals surface area contributed by atoms with Crippen LogP contribution in [0.1, 0.15) is 106 Å². The topological polar surface area (TPSA) is 66.8 Å². The number of esters is 1. The molecule has 0 unspecified atom stereocenters. The predicted octanol–water partition coefficient (Wildman–Crippen LogP) is 6.85. The molecule has 0 aromatic carbocycles. The van der Waals surface area contributed by atoms with E-state index in [4.69, 9.17) is 4.74 Å². The number of hydrogen-bond donors (Lipinski definition) is 2. The zero-order valence-electron chi connectivity index (χ0n) is 24.5. The van der Waals surface area contributed by atoms with Gasteiger partial charge < -0.3 is 14.9 Å². The lowest BCUT2D eigenvalue weighted by atomic mass is 9.34. The number of ether oxygens (including phenoxy) is 1. The average Bonchev–Trinajstić information content (AvgIpc) is 2.82. The van der Waals surface area contributed by atoms with Crippen LogP contribution < -0.4 is 0 Å². The lowest BCUT2D eigenvalue weighted by Gasteiger charge is -2.70. The summed E-state index contributed by atoms with van der Waals surface area (Å²) >= 11 is 0. The number of aliphatic hydroxyl groups is 2. The zero-order valence-corrected chi connectivity index (χ0v) is 24.5. The van der Waals surface area contributed by atoms with Crippen LogP contribution in [-0.2, 0) is 9.53 Å². The van der Waals surface area contributed by atoms with Crippen molar-refractivity contribution in [1.29, 1.82) is 0 Å². The lowest BCUT2D eigenvalue weighted by Crippen LogP contribution is -2.65. The summed E-state index contributed by atoms with van der Waals surface area (Å²) in [6, 6.07) is 0. The molecule has 0 aliphatic heterocycles. The van der Waals surface area contributed by atoms with Crippen molar-refractivity contribution >= 4 is 5.97 Å². The summed E-state index contributed by atoms with van der Waals surface area (Å²) in [5, 5.41) is 22.8. The Bertz CT molecular complexity index is 981. The van der Waals surface area contributed by atoms with Crippen LogP contribution in [0.2, 0.25) is 0 Å². The molecule has 0 saturated heterocycles. The van der Waals surface area contributed by atoms with E-state index >= 15 is 0 Å². The summed E-state index contributed by atoms with van der Waals surface area (Å²) in [6.07, 6.45) is 15.1. The van der Waals surface area contributed by atoms with E-state index in [0.717, 1.165) is 57.8 Å². The number of hydrogen-bond acceptors (Lipinski definition) is 4. The summed E-state index contributed by atoms with van der Waals surface area (Å²) in [6.45, 7) is 16.7. The first-order valence-corrected chi connectivity index (χ1v) is 15.2. The molecule has 2 N–H and O–H groups in total. The molecule has 0 spiro atoms. The summed E-state index contributed by atoms with van der Waals surface area (Å²) in [5.74, 6) is 1.05. The smallest absolute Gasteiger partial charge is 0.330 e. The highest BCUT2D eigenvalue weighted by atomic mass is 16.5. The van der Waals surface area contributed by atoms with E-state index in [2.05, 4.69) is 53.7 Å². The maximum atomic E-state index is 12.4. The SMILES string of the molecule is CCOC(=O)C=C[C@]12CCC(C)(C)C[C@H]1[C@H]1[C@H](O)C=C3[C@@]4(C)CC[C@H](O)[C@@H](C)[C@@H]4CC[C@@]3(C)[C@]1(C)CC2. The monoisotopic (exact) mass is 512 g/mol. The standard InChI is InChI=1S/C33H52O4/c1-8-37-27(36)11-14-33-17-15-29(3,4)20-23(33)28-25(35)19-26-30(5)12-10-24(34)21(2)22(30)9-13-31(26,6)32(28,7)16-18-33/h11,14,19,21-25,28,34-35H,8-10,12-13,15-18,20H2,1-7H3/t21-,22-,23-,24-,25+,28-,30-,31+,32+,33+/m0/s1. The molecule has 10 atom stereocenters. The minimum Gasteiger partial charge on any atom is -0.463 e. The van der Waals surface area contributed by atoms with Crippen LogP contribution in [0, 0.1) is 50.7 Å². The molecule has 5 rings (SSSR count). The van der Waals surface area contributed by atoms with Gasteiger partial charge in [0, 0.05) is 6.08 Å². The predicted molar refractivity (Wildman–Crippen MR) is 148 cm³/mol. The van der Waals surface area contributed by atoms with Crippen molar-refractivity contribution in [2.75, 3.05) is 6.61 Å². The van der Waals surface area contributed by atoms with Gasteiger partial charge in [-0.25, -0.2) is 4.79 Å². The van der Waals surface area contributed by atoms with Gasteiger partial charge in [-0.15, -0.1) is 0 Å². The largest absolute Gasteiger partial charge is 0.463 e. The molecule has 37 heavy (non-hydrogen) atoms. The molecule has 0 aromatic heterocycles. The van der Waals surface area contributed by atoms with Gasteiger partial charge in [0.15, 0.2) is 0 Å². The van der Waals surface area contributed by atoms with E-state index in [1.807, 2.05) is 6.92 Å². The fraction of sp³-hybridized carbons (Fsp3) is 0.848. The maximum absolute atomic E-state index is 12.4. The molecule has 4 nitrogen and oxygen atoms in total. The van der Waals surface area contributed by atoms with Gasteiger partial charge >= 0.3 is 5.97 Å². The Morgan fingerprint density at radius 3 is 2.41 bits per heavy atom. The highest BCUT2D eigenvalue weighted by molar-refractivity contribution is 5.82. The van der Waals surface area contributed by atoms with Crippen molar-refractivity contribution in [3.63, 3.8) is 0 Å². The third kappa shape index (κ3) is 3.93. The summed E-state index contributed by atoms with van der Waals surface area (Å²) in [4.78, 5) is 12.4. The number of rotatable bonds is 3. The van der Waals surface area contributed by atoms with Crippen molar-refractivity contribution in [2.45, 2.75) is 118 Å². The number of carbonyl (C=O) groups excluding carboxylic acids is 1. The van der Waals surface area contributed by atoms with Crippen LogP contribution in [0.25, 0.3) is 0 Å². The molecule has 208 valence electrons. The first-order chi connectivity index (χ1) is 17.2. The van der Waals surface area contributed by atoms with Gasteiger partial charge in [-0.2, -0.15) is 0 Å². The van der Waals surface area contributed by atoms with Crippen LogP contribution in [-0.4, -0.2) is 35.0 Å². The minimum absolute atomic E-state index is 0.00311. The number of aliphatic hydroxyl groups excluding tert-OH is 2. The van der Waals surface area contributed by atoms with Crippen molar-refractivity contribution in [1.82, 2.24) is 0 Å². The molecule has 4 heteroatoms. The second-order valence-corrected chi connectivity index (χ2v) is 15.2. The highest BCUT2D eigenvalue weighted by Gasteiger charge is 2.68. The summed E-state index contributed by atoms with van der Waals surface area (Å²) in [5.41, 5.74) is 1.76. The molecule has 5 aliphatic rings. The van der Waals surface area contributed by atoms with Crippen LogP contribution in [0.3, 0.4) is 0 Å². The first kappa shape index (κ1) is 27.4. The average molecular weight is 513 g/mol. The molecule has 0 aromatic rings. The Kier molecular flexibility index (Phi) is 6.63. The zero-order chi connectivity index (χ0) is 27.0. The Labute approximate surface area is 225 Å². The fourth-order valence-corrected chi connectivity index (χ4v) is 10.6. The quantitative estimate of drug-likeness (QED) is 0.247. The summed E-state index contributed by atoms with van der Waals surface area (Å²) in [7, 11) is 0. The number of carbonyl (C=O) groups is 1. The van der Waals surface area contributed by atoms with E-state index < -0.39 is 6.10 Å².